The van der Waals surface area contributed by atoms with E-state index in [1.807, 2.05) is 6.07 Å². The smallest absolute Gasteiger partial charge is 0.160 e. The maximum atomic E-state index is 5.67. The summed E-state index contributed by atoms with van der Waals surface area (Å²) in [5, 5.41) is 0. The lowest BCUT2D eigenvalue weighted by Crippen LogP contribution is -1.94. The number of anilines is 1. The molecule has 0 saturated carbocycles. The number of aryl methyl sites for hydroxylation is 1. The molecular weight excluding hydrogens is 176 g/mol. The molecule has 14 heavy (non-hydrogen) atoms. The third-order valence-electron chi connectivity index (χ3n) is 2.86. The lowest BCUT2D eigenvalue weighted by atomic mass is 10.1. The summed E-state index contributed by atoms with van der Waals surface area (Å²) in [5.41, 5.74) is 8.24. The van der Waals surface area contributed by atoms with E-state index in [2.05, 4.69) is 21.5 Å². The number of fused-ring (bicyclic) bond motifs is 3. The summed E-state index contributed by atoms with van der Waals surface area (Å²) in [4.78, 5) is 8.88. The molecular formula is C10H12N4. The first-order valence-corrected chi connectivity index (χ1v) is 4.87. The number of nitrogens with zero attached hydrogens (tertiary/aromatic N) is 3. The van der Waals surface area contributed by atoms with Gasteiger partial charge in [0.1, 0.15) is 11.3 Å². The van der Waals surface area contributed by atoms with Crippen molar-refractivity contribution in [1.29, 1.82) is 0 Å². The highest BCUT2D eigenvalue weighted by Crippen LogP contribution is 2.30. The van der Waals surface area contributed by atoms with E-state index in [1.54, 1.807) is 6.20 Å². The fraction of sp³-hybridized carbons (Fsp3) is 0.400. The van der Waals surface area contributed by atoms with E-state index in [0.717, 1.165) is 23.5 Å². The van der Waals surface area contributed by atoms with Gasteiger partial charge in [-0.1, -0.05) is 6.92 Å². The molecule has 0 spiro atoms. The summed E-state index contributed by atoms with van der Waals surface area (Å²) in [5.74, 6) is 1.70. The van der Waals surface area contributed by atoms with Gasteiger partial charge in [-0.15, -0.1) is 0 Å². The van der Waals surface area contributed by atoms with Gasteiger partial charge in [0, 0.05) is 12.5 Å². The molecule has 1 unspecified atom stereocenters. The molecule has 2 N–H and O–H groups in total. The van der Waals surface area contributed by atoms with Gasteiger partial charge in [0.25, 0.3) is 0 Å². The van der Waals surface area contributed by atoms with Crippen LogP contribution in [-0.4, -0.2) is 14.5 Å². The Morgan fingerprint density at radius 2 is 2.43 bits per heavy atom. The second-order valence-electron chi connectivity index (χ2n) is 3.92. The van der Waals surface area contributed by atoms with Crippen LogP contribution in [0.2, 0.25) is 0 Å². The number of hydrogen-bond acceptors (Lipinski definition) is 3. The number of hydrogen-bond donors (Lipinski definition) is 1. The lowest BCUT2D eigenvalue weighted by Gasteiger charge is -1.96. The zero-order valence-corrected chi connectivity index (χ0v) is 8.07. The first-order valence-electron chi connectivity index (χ1n) is 4.87. The number of rotatable bonds is 0. The van der Waals surface area contributed by atoms with Crippen LogP contribution >= 0.6 is 0 Å². The third kappa shape index (κ3) is 0.880. The molecule has 2 aromatic heterocycles. The molecule has 2 aromatic rings. The van der Waals surface area contributed by atoms with Crippen LogP contribution in [0.15, 0.2) is 12.3 Å². The summed E-state index contributed by atoms with van der Waals surface area (Å²) in [6.45, 7) is 3.23. The number of pyridine rings is 1. The predicted octanol–water partition coefficient (Wildman–Crippen LogP) is 1.52. The molecule has 1 aliphatic rings. The molecule has 0 amide bonds. The molecule has 72 valence electrons. The topological polar surface area (TPSA) is 56.7 Å². The molecule has 0 saturated heterocycles. The van der Waals surface area contributed by atoms with Crippen molar-refractivity contribution in [3.05, 3.63) is 18.1 Å². The number of imidazole rings is 1. The van der Waals surface area contributed by atoms with E-state index in [9.17, 15) is 0 Å². The molecule has 0 aromatic carbocycles. The Kier molecular flexibility index (Phi) is 1.37. The van der Waals surface area contributed by atoms with Gasteiger partial charge in [0.2, 0.25) is 0 Å². The molecule has 4 nitrogen and oxygen atoms in total. The molecule has 0 bridgehead atoms. The van der Waals surface area contributed by atoms with Gasteiger partial charge in [-0.25, -0.2) is 9.97 Å². The van der Waals surface area contributed by atoms with Crippen LogP contribution < -0.4 is 5.73 Å². The van der Waals surface area contributed by atoms with Gasteiger partial charge >= 0.3 is 0 Å². The second kappa shape index (κ2) is 2.47. The van der Waals surface area contributed by atoms with Crippen molar-refractivity contribution < 1.29 is 0 Å². The highest BCUT2D eigenvalue weighted by molar-refractivity contribution is 5.75. The van der Waals surface area contributed by atoms with Crippen LogP contribution in [0.1, 0.15) is 25.1 Å². The van der Waals surface area contributed by atoms with Crippen LogP contribution in [0.3, 0.4) is 0 Å². The average molecular weight is 188 g/mol. The fourth-order valence-electron chi connectivity index (χ4n) is 2.09. The van der Waals surface area contributed by atoms with Crippen molar-refractivity contribution in [1.82, 2.24) is 14.5 Å². The highest BCUT2D eigenvalue weighted by atomic mass is 15.1. The normalized spacial score (nSPS) is 20.2. The quantitative estimate of drug-likeness (QED) is 0.682. The zero-order chi connectivity index (χ0) is 9.71. The Hall–Kier alpha value is -1.58. The molecule has 0 fully saturated rings. The maximum absolute atomic E-state index is 5.67. The molecule has 0 radical (unpaired) electrons. The van der Waals surface area contributed by atoms with Crippen molar-refractivity contribution in [2.45, 2.75) is 25.8 Å². The van der Waals surface area contributed by atoms with Gasteiger partial charge in [-0.05, 0) is 12.5 Å². The highest BCUT2D eigenvalue weighted by Gasteiger charge is 2.23. The largest absolute Gasteiger partial charge is 0.397 e. The number of aromatic nitrogens is 3. The number of nitrogen functional groups attached to an aromatic ring is 1. The summed E-state index contributed by atoms with van der Waals surface area (Å²) in [7, 11) is 0. The summed E-state index contributed by atoms with van der Waals surface area (Å²) >= 11 is 0. The Morgan fingerprint density at radius 3 is 3.29 bits per heavy atom. The average Bonchev–Trinajstić information content (AvgIpc) is 2.66. The maximum Gasteiger partial charge on any atom is 0.160 e. The van der Waals surface area contributed by atoms with Gasteiger partial charge in [-0.2, -0.15) is 0 Å². The fourth-order valence-corrected chi connectivity index (χ4v) is 2.09. The Morgan fingerprint density at radius 1 is 1.57 bits per heavy atom. The predicted molar refractivity (Wildman–Crippen MR) is 55.0 cm³/mol. The van der Waals surface area contributed by atoms with Crippen molar-refractivity contribution in [2.75, 3.05) is 5.73 Å². The van der Waals surface area contributed by atoms with Gasteiger partial charge in [-0.3, -0.25) is 0 Å². The first kappa shape index (κ1) is 7.79. The third-order valence-corrected chi connectivity index (χ3v) is 2.86. The Bertz CT molecular complexity index is 500. The van der Waals surface area contributed by atoms with E-state index in [4.69, 9.17) is 5.73 Å². The molecule has 1 atom stereocenters. The summed E-state index contributed by atoms with van der Waals surface area (Å²) in [6, 6.07) is 1.89. The van der Waals surface area contributed by atoms with Crippen LogP contribution in [-0.2, 0) is 6.54 Å². The minimum Gasteiger partial charge on any atom is -0.397 e. The molecule has 1 aliphatic heterocycles. The van der Waals surface area contributed by atoms with Gasteiger partial charge < -0.3 is 10.3 Å². The van der Waals surface area contributed by atoms with E-state index in [1.165, 1.54) is 6.42 Å². The zero-order valence-electron chi connectivity index (χ0n) is 8.07. The van der Waals surface area contributed by atoms with Crippen molar-refractivity contribution in [3.8, 4) is 0 Å². The van der Waals surface area contributed by atoms with Crippen LogP contribution in [0.4, 0.5) is 5.69 Å². The van der Waals surface area contributed by atoms with Crippen molar-refractivity contribution >= 4 is 16.9 Å². The SMILES string of the molecule is CC1CCn2c1nc1cc(N)cnc12. The van der Waals surface area contributed by atoms with Crippen molar-refractivity contribution in [3.63, 3.8) is 0 Å². The first-order chi connectivity index (χ1) is 6.75. The molecule has 3 rings (SSSR count). The summed E-state index contributed by atoms with van der Waals surface area (Å²) in [6.07, 6.45) is 2.87. The minimum atomic E-state index is 0.547. The second-order valence-corrected chi connectivity index (χ2v) is 3.92. The van der Waals surface area contributed by atoms with Crippen molar-refractivity contribution in [2.24, 2.45) is 0 Å². The van der Waals surface area contributed by atoms with Gasteiger partial charge in [0.15, 0.2) is 5.65 Å². The van der Waals surface area contributed by atoms with E-state index in [0.29, 0.717) is 11.6 Å². The van der Waals surface area contributed by atoms with Crippen LogP contribution in [0.25, 0.3) is 11.2 Å². The van der Waals surface area contributed by atoms with E-state index < -0.39 is 0 Å². The Balaban J connectivity index is 2.34. The van der Waals surface area contributed by atoms with E-state index >= 15 is 0 Å². The number of nitrogens with two attached hydrogens (primary N) is 1. The minimum absolute atomic E-state index is 0.547. The monoisotopic (exact) mass is 188 g/mol. The Labute approximate surface area is 81.8 Å². The van der Waals surface area contributed by atoms with Crippen LogP contribution in [0, 0.1) is 0 Å². The van der Waals surface area contributed by atoms with Gasteiger partial charge in [0.05, 0.1) is 11.9 Å². The molecule has 4 heteroatoms. The standard InChI is InChI=1S/C10H12N4/c1-6-2-3-14-9(6)13-8-4-7(11)5-12-10(8)14/h4-6H,2-3,11H2,1H3. The van der Waals surface area contributed by atoms with Crippen LogP contribution in [0.5, 0.6) is 0 Å². The van der Waals surface area contributed by atoms with E-state index in [-0.39, 0.29) is 0 Å². The summed E-state index contributed by atoms with van der Waals surface area (Å²) < 4.78 is 2.19. The lowest BCUT2D eigenvalue weighted by molar-refractivity contribution is 0.707. The molecule has 0 aliphatic carbocycles. The molecule has 3 heterocycles.